The molecule has 0 saturated carbocycles. The third kappa shape index (κ3) is 4.09. The first-order valence-electron chi connectivity index (χ1n) is 7.14. The van der Waals surface area contributed by atoms with Crippen molar-refractivity contribution in [3.05, 3.63) is 58.7 Å². The maximum absolute atomic E-state index is 12.1. The molecule has 0 aromatic heterocycles. The molecule has 0 aliphatic heterocycles. The van der Waals surface area contributed by atoms with Crippen molar-refractivity contribution in [3.8, 4) is 0 Å². The average molecular weight is 282 g/mol. The molecule has 0 radical (unpaired) electrons. The van der Waals surface area contributed by atoms with Crippen LogP contribution in [0.15, 0.2) is 36.4 Å². The zero-order valence-electron chi connectivity index (χ0n) is 13.1. The van der Waals surface area contributed by atoms with E-state index in [-0.39, 0.29) is 12.5 Å². The lowest BCUT2D eigenvalue weighted by Gasteiger charge is -2.13. The highest BCUT2D eigenvalue weighted by molar-refractivity contribution is 5.95. The van der Waals surface area contributed by atoms with Crippen molar-refractivity contribution in [1.29, 1.82) is 0 Å². The highest BCUT2D eigenvalue weighted by Gasteiger charge is 2.08. The van der Waals surface area contributed by atoms with Crippen LogP contribution in [0, 0.1) is 27.7 Å². The van der Waals surface area contributed by atoms with E-state index < -0.39 is 0 Å². The van der Waals surface area contributed by atoms with Gasteiger partial charge in [-0.15, -0.1) is 0 Å². The summed E-state index contributed by atoms with van der Waals surface area (Å²) in [6.07, 6.45) is 0. The summed E-state index contributed by atoms with van der Waals surface area (Å²) in [7, 11) is 0. The van der Waals surface area contributed by atoms with E-state index in [0.717, 1.165) is 22.5 Å². The number of benzene rings is 2. The summed E-state index contributed by atoms with van der Waals surface area (Å²) in [5, 5.41) is 6.12. The lowest BCUT2D eigenvalue weighted by Crippen LogP contribution is -2.22. The van der Waals surface area contributed by atoms with Crippen molar-refractivity contribution >= 4 is 17.3 Å². The van der Waals surface area contributed by atoms with Crippen LogP contribution in [0.1, 0.15) is 22.3 Å². The summed E-state index contributed by atoms with van der Waals surface area (Å²) < 4.78 is 0. The largest absolute Gasteiger partial charge is 0.376 e. The van der Waals surface area contributed by atoms with Gasteiger partial charge in [0.1, 0.15) is 0 Å². The maximum Gasteiger partial charge on any atom is 0.243 e. The van der Waals surface area contributed by atoms with E-state index in [1.165, 1.54) is 11.1 Å². The van der Waals surface area contributed by atoms with E-state index in [9.17, 15) is 4.79 Å². The van der Waals surface area contributed by atoms with Gasteiger partial charge in [-0.05, 0) is 51.0 Å². The molecule has 0 heterocycles. The molecule has 21 heavy (non-hydrogen) atoms. The molecular formula is C18H22N2O. The van der Waals surface area contributed by atoms with Gasteiger partial charge in [-0.2, -0.15) is 0 Å². The van der Waals surface area contributed by atoms with Crippen molar-refractivity contribution in [1.82, 2.24) is 0 Å². The summed E-state index contributed by atoms with van der Waals surface area (Å²) >= 11 is 0. The number of anilines is 2. The molecule has 0 fully saturated rings. The highest BCUT2D eigenvalue weighted by Crippen LogP contribution is 2.21. The van der Waals surface area contributed by atoms with Gasteiger partial charge in [0.2, 0.25) is 5.91 Å². The first kappa shape index (κ1) is 15.1. The molecule has 0 unspecified atom stereocenters. The van der Waals surface area contributed by atoms with E-state index >= 15 is 0 Å². The number of rotatable bonds is 4. The third-order valence-electron chi connectivity index (χ3n) is 3.45. The van der Waals surface area contributed by atoms with Crippen LogP contribution in [0.4, 0.5) is 11.4 Å². The Kier molecular flexibility index (Phi) is 4.63. The van der Waals surface area contributed by atoms with Crippen molar-refractivity contribution in [3.63, 3.8) is 0 Å². The Morgan fingerprint density at radius 1 is 0.905 bits per heavy atom. The molecule has 0 bridgehead atoms. The molecule has 0 aliphatic carbocycles. The number of carbonyl (C=O) groups excluding carboxylic acids is 1. The molecule has 3 heteroatoms. The van der Waals surface area contributed by atoms with Crippen LogP contribution in [0.5, 0.6) is 0 Å². The zero-order valence-corrected chi connectivity index (χ0v) is 13.1. The third-order valence-corrected chi connectivity index (χ3v) is 3.45. The van der Waals surface area contributed by atoms with E-state index in [1.807, 2.05) is 45.0 Å². The molecule has 110 valence electrons. The molecular weight excluding hydrogens is 260 g/mol. The van der Waals surface area contributed by atoms with Crippen LogP contribution < -0.4 is 10.6 Å². The minimum absolute atomic E-state index is 0.0365. The van der Waals surface area contributed by atoms with Gasteiger partial charge in [0.15, 0.2) is 0 Å². The van der Waals surface area contributed by atoms with E-state index in [0.29, 0.717) is 0 Å². The van der Waals surface area contributed by atoms with Crippen molar-refractivity contribution in [2.75, 3.05) is 17.2 Å². The number of carbonyl (C=O) groups is 1. The minimum atomic E-state index is -0.0365. The van der Waals surface area contributed by atoms with Gasteiger partial charge in [0.25, 0.3) is 0 Å². The Morgan fingerprint density at radius 3 is 2.05 bits per heavy atom. The highest BCUT2D eigenvalue weighted by atomic mass is 16.1. The van der Waals surface area contributed by atoms with Crippen LogP contribution >= 0.6 is 0 Å². The molecule has 2 aromatic rings. The van der Waals surface area contributed by atoms with E-state index in [4.69, 9.17) is 0 Å². The fourth-order valence-electron chi connectivity index (χ4n) is 2.41. The first-order chi connectivity index (χ1) is 9.95. The lowest BCUT2D eigenvalue weighted by molar-refractivity contribution is -0.114. The monoisotopic (exact) mass is 282 g/mol. The summed E-state index contributed by atoms with van der Waals surface area (Å²) in [6, 6.07) is 12.2. The number of hydrogen-bond donors (Lipinski definition) is 2. The van der Waals surface area contributed by atoms with Crippen LogP contribution in [-0.4, -0.2) is 12.5 Å². The Balaban J connectivity index is 1.97. The molecule has 0 spiro atoms. The minimum Gasteiger partial charge on any atom is -0.376 e. The predicted octanol–water partition coefficient (Wildman–Crippen LogP) is 3.97. The second-order valence-corrected chi connectivity index (χ2v) is 5.54. The van der Waals surface area contributed by atoms with Gasteiger partial charge in [0.05, 0.1) is 6.54 Å². The fourth-order valence-corrected chi connectivity index (χ4v) is 2.41. The summed E-state index contributed by atoms with van der Waals surface area (Å²) in [5.41, 5.74) is 6.47. The fraction of sp³-hybridized carbons (Fsp3) is 0.278. The Hall–Kier alpha value is -2.29. The normalized spacial score (nSPS) is 10.3. The quantitative estimate of drug-likeness (QED) is 0.891. The molecule has 1 amide bonds. The summed E-state index contributed by atoms with van der Waals surface area (Å²) in [5.74, 6) is -0.0365. The van der Waals surface area contributed by atoms with Crippen molar-refractivity contribution in [2.45, 2.75) is 27.7 Å². The predicted molar refractivity (Wildman–Crippen MR) is 89.0 cm³/mol. The number of hydrogen-bond acceptors (Lipinski definition) is 2. The molecule has 3 nitrogen and oxygen atoms in total. The van der Waals surface area contributed by atoms with Crippen LogP contribution in [-0.2, 0) is 4.79 Å². The number of nitrogens with one attached hydrogen (secondary N) is 2. The van der Waals surface area contributed by atoms with Gasteiger partial charge < -0.3 is 10.6 Å². The van der Waals surface area contributed by atoms with Gasteiger partial charge in [0, 0.05) is 11.4 Å². The standard InChI is InChI=1S/C18H22N2O/c1-12-5-7-16(8-6-12)19-11-17(21)20-18-14(3)9-13(2)10-15(18)4/h5-10,19H,11H2,1-4H3,(H,20,21). The SMILES string of the molecule is Cc1ccc(NCC(=O)Nc2c(C)cc(C)cc2C)cc1. The Morgan fingerprint density at radius 2 is 1.48 bits per heavy atom. The second-order valence-electron chi connectivity index (χ2n) is 5.54. The van der Waals surface area contributed by atoms with Crippen LogP contribution in [0.3, 0.4) is 0 Å². The van der Waals surface area contributed by atoms with Crippen molar-refractivity contribution < 1.29 is 4.79 Å². The van der Waals surface area contributed by atoms with Gasteiger partial charge >= 0.3 is 0 Å². The van der Waals surface area contributed by atoms with Crippen molar-refractivity contribution in [2.24, 2.45) is 0 Å². The molecule has 2 rings (SSSR count). The van der Waals surface area contributed by atoms with Crippen LogP contribution in [0.2, 0.25) is 0 Å². The molecule has 2 N–H and O–H groups in total. The molecule has 2 aromatic carbocycles. The van der Waals surface area contributed by atoms with Gasteiger partial charge in [-0.25, -0.2) is 0 Å². The molecule has 0 saturated heterocycles. The smallest absolute Gasteiger partial charge is 0.243 e. The van der Waals surface area contributed by atoms with E-state index in [2.05, 4.69) is 29.7 Å². The zero-order chi connectivity index (χ0) is 15.4. The lowest BCUT2D eigenvalue weighted by atomic mass is 10.1. The van der Waals surface area contributed by atoms with Crippen LogP contribution in [0.25, 0.3) is 0 Å². The summed E-state index contributed by atoms with van der Waals surface area (Å²) in [6.45, 7) is 8.39. The topological polar surface area (TPSA) is 41.1 Å². The average Bonchev–Trinajstić information content (AvgIpc) is 2.42. The second kappa shape index (κ2) is 6.44. The molecule has 0 aliphatic rings. The van der Waals surface area contributed by atoms with Gasteiger partial charge in [-0.1, -0.05) is 35.4 Å². The number of amides is 1. The summed E-state index contributed by atoms with van der Waals surface area (Å²) in [4.78, 5) is 12.1. The Bertz CT molecular complexity index is 622. The maximum atomic E-state index is 12.1. The Labute approximate surface area is 126 Å². The number of aryl methyl sites for hydroxylation is 4. The van der Waals surface area contributed by atoms with E-state index in [1.54, 1.807) is 0 Å². The first-order valence-corrected chi connectivity index (χ1v) is 7.14. The van der Waals surface area contributed by atoms with Gasteiger partial charge in [-0.3, -0.25) is 4.79 Å². The molecule has 0 atom stereocenters.